The first-order valence-corrected chi connectivity index (χ1v) is 6.10. The van der Waals surface area contributed by atoms with Gasteiger partial charge in [0.25, 0.3) is 0 Å². The molecule has 0 saturated carbocycles. The zero-order valence-corrected chi connectivity index (χ0v) is 11.9. The van der Waals surface area contributed by atoms with Gasteiger partial charge in [-0.1, -0.05) is 19.4 Å². The van der Waals surface area contributed by atoms with E-state index in [0.29, 0.717) is 12.1 Å². The number of carbonyl (C=O) groups excluding carboxylic acids is 1. The highest BCUT2D eigenvalue weighted by molar-refractivity contribution is 5.94. The van der Waals surface area contributed by atoms with Gasteiger partial charge in [0.1, 0.15) is 6.33 Å². The minimum atomic E-state index is -0.485. The highest BCUT2D eigenvalue weighted by Crippen LogP contribution is 2.13. The smallest absolute Gasteiger partial charge is 0.241 e. The van der Waals surface area contributed by atoms with Crippen LogP contribution in [0.3, 0.4) is 0 Å². The van der Waals surface area contributed by atoms with Crippen LogP contribution in [0.15, 0.2) is 30.6 Å². The van der Waals surface area contributed by atoms with Crippen LogP contribution in [0.5, 0.6) is 0 Å². The van der Waals surface area contributed by atoms with Gasteiger partial charge in [-0.3, -0.25) is 4.79 Å². The summed E-state index contributed by atoms with van der Waals surface area (Å²) >= 11 is 0. The van der Waals surface area contributed by atoms with Gasteiger partial charge in [-0.25, -0.2) is 4.68 Å². The van der Waals surface area contributed by atoms with E-state index in [1.54, 1.807) is 12.1 Å². The van der Waals surface area contributed by atoms with E-state index in [9.17, 15) is 4.79 Å². The quantitative estimate of drug-likeness (QED) is 0.862. The van der Waals surface area contributed by atoms with E-state index in [0.717, 1.165) is 12.1 Å². The number of anilines is 1. The van der Waals surface area contributed by atoms with Crippen LogP contribution in [0.25, 0.3) is 5.69 Å². The van der Waals surface area contributed by atoms with Crippen molar-refractivity contribution in [2.75, 3.05) is 5.32 Å². The van der Waals surface area contributed by atoms with Crippen molar-refractivity contribution >= 4 is 24.0 Å². The van der Waals surface area contributed by atoms with Crippen molar-refractivity contribution in [1.82, 2.24) is 20.2 Å². The number of hydrogen-bond donors (Lipinski definition) is 2. The molecule has 0 aliphatic heterocycles. The molecule has 1 amide bonds. The van der Waals surface area contributed by atoms with Gasteiger partial charge in [-0.05, 0) is 35.0 Å². The monoisotopic (exact) mass is 296 g/mol. The van der Waals surface area contributed by atoms with Gasteiger partial charge in [0.15, 0.2) is 0 Å². The van der Waals surface area contributed by atoms with E-state index >= 15 is 0 Å². The molecule has 0 bridgehead atoms. The fourth-order valence-corrected chi connectivity index (χ4v) is 1.68. The van der Waals surface area contributed by atoms with E-state index in [4.69, 9.17) is 5.73 Å². The molecule has 0 aliphatic carbocycles. The summed E-state index contributed by atoms with van der Waals surface area (Å²) in [5.41, 5.74) is 7.20. The second kappa shape index (κ2) is 7.56. The van der Waals surface area contributed by atoms with Crippen molar-refractivity contribution in [3.8, 4) is 5.69 Å². The highest BCUT2D eigenvalue weighted by Gasteiger charge is 2.12. The van der Waals surface area contributed by atoms with Crippen LogP contribution in [0.1, 0.15) is 19.8 Å². The maximum atomic E-state index is 11.8. The third-order valence-electron chi connectivity index (χ3n) is 2.66. The summed E-state index contributed by atoms with van der Waals surface area (Å²) < 4.78 is 1.52. The number of aromatic nitrogens is 4. The molecule has 1 aromatic heterocycles. The summed E-state index contributed by atoms with van der Waals surface area (Å²) in [4.78, 5) is 11.8. The Morgan fingerprint density at radius 2 is 2.30 bits per heavy atom. The fourth-order valence-electron chi connectivity index (χ4n) is 1.68. The van der Waals surface area contributed by atoms with Gasteiger partial charge >= 0.3 is 0 Å². The van der Waals surface area contributed by atoms with Crippen LogP contribution in [0.4, 0.5) is 5.69 Å². The van der Waals surface area contributed by atoms with Crippen LogP contribution < -0.4 is 11.1 Å². The molecule has 1 unspecified atom stereocenters. The first kappa shape index (κ1) is 16.1. The fraction of sp³-hybridized carbons (Fsp3) is 0.333. The van der Waals surface area contributed by atoms with Gasteiger partial charge in [0.2, 0.25) is 5.91 Å². The summed E-state index contributed by atoms with van der Waals surface area (Å²) in [5.74, 6) is -0.185. The lowest BCUT2D eigenvalue weighted by atomic mass is 10.1. The number of nitrogens with one attached hydrogen (secondary N) is 1. The number of nitrogens with zero attached hydrogens (tertiary/aromatic N) is 4. The first-order chi connectivity index (χ1) is 9.20. The largest absolute Gasteiger partial charge is 0.325 e. The van der Waals surface area contributed by atoms with Crippen LogP contribution in [-0.4, -0.2) is 32.2 Å². The second-order valence-corrected chi connectivity index (χ2v) is 4.19. The number of amides is 1. The molecule has 2 rings (SSSR count). The molecule has 1 heterocycles. The minimum absolute atomic E-state index is 0. The molecule has 0 aliphatic rings. The third kappa shape index (κ3) is 4.01. The Kier molecular flexibility index (Phi) is 6.08. The molecule has 0 spiro atoms. The van der Waals surface area contributed by atoms with Gasteiger partial charge in [0, 0.05) is 5.69 Å². The zero-order valence-electron chi connectivity index (χ0n) is 11.1. The van der Waals surface area contributed by atoms with Crippen LogP contribution in [0, 0.1) is 0 Å². The van der Waals surface area contributed by atoms with Crippen molar-refractivity contribution in [2.24, 2.45) is 5.73 Å². The van der Waals surface area contributed by atoms with Gasteiger partial charge < -0.3 is 11.1 Å². The molecular formula is C12H17ClN6O. The summed E-state index contributed by atoms with van der Waals surface area (Å²) in [6, 6.07) is 6.76. The Bertz CT molecular complexity index is 545. The lowest BCUT2D eigenvalue weighted by molar-refractivity contribution is -0.117. The molecule has 0 fully saturated rings. The third-order valence-corrected chi connectivity index (χ3v) is 2.66. The van der Waals surface area contributed by atoms with Crippen molar-refractivity contribution < 1.29 is 4.79 Å². The number of nitrogens with two attached hydrogens (primary N) is 1. The Morgan fingerprint density at radius 3 is 2.95 bits per heavy atom. The van der Waals surface area contributed by atoms with E-state index < -0.39 is 6.04 Å². The number of rotatable bonds is 5. The topological polar surface area (TPSA) is 98.7 Å². The second-order valence-electron chi connectivity index (χ2n) is 4.19. The predicted molar refractivity (Wildman–Crippen MR) is 77.9 cm³/mol. The van der Waals surface area contributed by atoms with E-state index in [1.807, 2.05) is 19.1 Å². The minimum Gasteiger partial charge on any atom is -0.325 e. The highest BCUT2D eigenvalue weighted by atomic mass is 35.5. The maximum absolute atomic E-state index is 11.8. The predicted octanol–water partition coefficient (Wildman–Crippen LogP) is 1.15. The molecule has 8 heteroatoms. The number of carbonyl (C=O) groups is 1. The van der Waals surface area contributed by atoms with Crippen LogP contribution in [0.2, 0.25) is 0 Å². The molecule has 0 saturated heterocycles. The molecule has 7 nitrogen and oxygen atoms in total. The first-order valence-electron chi connectivity index (χ1n) is 6.10. The number of hydrogen-bond acceptors (Lipinski definition) is 5. The summed E-state index contributed by atoms with van der Waals surface area (Å²) in [6.07, 6.45) is 3.03. The standard InChI is InChI=1S/C12H16N6O.ClH/c1-2-4-11(13)12(19)15-9-5-3-6-10(7-9)18-8-14-16-17-18;/h3,5-8,11H,2,4,13H2,1H3,(H,15,19);1H. The SMILES string of the molecule is CCCC(N)C(=O)Nc1cccc(-n2cnnn2)c1.Cl. The molecule has 20 heavy (non-hydrogen) atoms. The summed E-state index contributed by atoms with van der Waals surface area (Å²) in [6.45, 7) is 1.99. The van der Waals surface area contributed by atoms with Crippen molar-refractivity contribution in [1.29, 1.82) is 0 Å². The Hall–Kier alpha value is -1.99. The molecule has 108 valence electrons. The van der Waals surface area contributed by atoms with Crippen molar-refractivity contribution in [2.45, 2.75) is 25.8 Å². The van der Waals surface area contributed by atoms with Crippen molar-refractivity contribution in [3.05, 3.63) is 30.6 Å². The van der Waals surface area contributed by atoms with Crippen molar-refractivity contribution in [3.63, 3.8) is 0 Å². The lowest BCUT2D eigenvalue weighted by Crippen LogP contribution is -2.35. The molecule has 1 atom stereocenters. The van der Waals surface area contributed by atoms with Gasteiger partial charge in [-0.2, -0.15) is 0 Å². The number of tetrazole rings is 1. The lowest BCUT2D eigenvalue weighted by Gasteiger charge is -2.11. The van der Waals surface area contributed by atoms with Gasteiger partial charge in [-0.15, -0.1) is 17.5 Å². The zero-order chi connectivity index (χ0) is 13.7. The van der Waals surface area contributed by atoms with E-state index in [1.165, 1.54) is 11.0 Å². The van der Waals surface area contributed by atoms with Crippen LogP contribution >= 0.6 is 12.4 Å². The Balaban J connectivity index is 0.00000200. The summed E-state index contributed by atoms with van der Waals surface area (Å²) in [7, 11) is 0. The molecule has 3 N–H and O–H groups in total. The average Bonchev–Trinajstić information content (AvgIpc) is 2.93. The number of halogens is 1. The van der Waals surface area contributed by atoms with Gasteiger partial charge in [0.05, 0.1) is 11.7 Å². The molecule has 0 radical (unpaired) electrons. The molecule has 1 aromatic carbocycles. The average molecular weight is 297 g/mol. The Morgan fingerprint density at radius 1 is 1.50 bits per heavy atom. The van der Waals surface area contributed by atoms with E-state index in [2.05, 4.69) is 20.8 Å². The maximum Gasteiger partial charge on any atom is 0.241 e. The molecular weight excluding hydrogens is 280 g/mol. The molecule has 2 aromatic rings. The number of benzene rings is 1. The summed E-state index contributed by atoms with van der Waals surface area (Å²) in [5, 5.41) is 13.7. The Labute approximate surface area is 123 Å². The van der Waals surface area contributed by atoms with Crippen LogP contribution in [-0.2, 0) is 4.79 Å². The normalized spacial score (nSPS) is 11.5. The van der Waals surface area contributed by atoms with E-state index in [-0.39, 0.29) is 18.3 Å².